The molecule has 0 aliphatic carbocycles. The van der Waals surface area contributed by atoms with E-state index in [4.69, 9.17) is 21.7 Å². The quantitative estimate of drug-likeness (QED) is 0.506. The minimum absolute atomic E-state index is 0.102. The van der Waals surface area contributed by atoms with Crippen molar-refractivity contribution in [3.63, 3.8) is 0 Å². The Morgan fingerprint density at radius 1 is 1.06 bits per heavy atom. The van der Waals surface area contributed by atoms with Crippen LogP contribution >= 0.6 is 12.2 Å². The van der Waals surface area contributed by atoms with Crippen LogP contribution in [0, 0.1) is 0 Å². The fourth-order valence-electron chi connectivity index (χ4n) is 3.15. The summed E-state index contributed by atoms with van der Waals surface area (Å²) in [6.45, 7) is 4.76. The van der Waals surface area contributed by atoms with Gasteiger partial charge >= 0.3 is 0 Å². The van der Waals surface area contributed by atoms with Crippen molar-refractivity contribution in [2.45, 2.75) is 19.8 Å². The largest absolute Gasteiger partial charge is 0.493 e. The molecule has 0 atom stereocenters. The summed E-state index contributed by atoms with van der Waals surface area (Å²) in [6, 6.07) is 14.1. The summed E-state index contributed by atoms with van der Waals surface area (Å²) < 4.78 is 11.1. The van der Waals surface area contributed by atoms with Crippen LogP contribution in [0.15, 0.2) is 48.5 Å². The molecule has 2 amide bonds. The third-order valence-corrected chi connectivity index (χ3v) is 5.02. The standard InChI is InChI=1S/C23H27N3O4S/c1-2-3-14-30-20-11-7-5-9-18(20)21(27)25-23(31)24-19-10-6-4-8-17(19)22(28)26-12-15-29-16-13-26/h4-11H,2-3,12-16H2,1H3,(H2,24,25,27,31). The van der Waals surface area contributed by atoms with E-state index in [2.05, 4.69) is 17.6 Å². The molecule has 0 unspecified atom stereocenters. The second-order valence-electron chi connectivity index (χ2n) is 7.06. The molecule has 7 nitrogen and oxygen atoms in total. The number of ether oxygens (including phenoxy) is 2. The lowest BCUT2D eigenvalue weighted by Gasteiger charge is -2.27. The van der Waals surface area contributed by atoms with Crippen LogP contribution < -0.4 is 15.4 Å². The van der Waals surface area contributed by atoms with Gasteiger partial charge in [0.15, 0.2) is 5.11 Å². The number of morpholine rings is 1. The highest BCUT2D eigenvalue weighted by Crippen LogP contribution is 2.20. The van der Waals surface area contributed by atoms with Crippen LogP contribution in [-0.2, 0) is 4.74 Å². The van der Waals surface area contributed by atoms with Gasteiger partial charge in [0, 0.05) is 13.1 Å². The lowest BCUT2D eigenvalue weighted by molar-refractivity contribution is 0.0303. The molecule has 164 valence electrons. The summed E-state index contributed by atoms with van der Waals surface area (Å²) in [5, 5.41) is 5.77. The Kier molecular flexibility index (Phi) is 8.37. The number of thiocarbonyl (C=S) groups is 1. The Labute approximate surface area is 187 Å². The van der Waals surface area contributed by atoms with Gasteiger partial charge in [0.05, 0.1) is 36.6 Å². The summed E-state index contributed by atoms with van der Waals surface area (Å²) >= 11 is 5.34. The molecule has 1 aliphatic heterocycles. The van der Waals surface area contributed by atoms with Crippen molar-refractivity contribution < 1.29 is 19.1 Å². The van der Waals surface area contributed by atoms with Gasteiger partial charge < -0.3 is 19.7 Å². The molecule has 2 N–H and O–H groups in total. The first-order chi connectivity index (χ1) is 15.1. The maximum atomic E-state index is 12.9. The zero-order chi connectivity index (χ0) is 22.1. The summed E-state index contributed by atoms with van der Waals surface area (Å²) in [4.78, 5) is 27.4. The predicted octanol–water partition coefficient (Wildman–Crippen LogP) is 3.46. The molecular formula is C23H27N3O4S. The van der Waals surface area contributed by atoms with Gasteiger partial charge in [-0.25, -0.2) is 0 Å². The van der Waals surface area contributed by atoms with Gasteiger partial charge in [-0.3, -0.25) is 14.9 Å². The molecule has 0 aromatic heterocycles. The van der Waals surface area contributed by atoms with Crippen LogP contribution in [0.2, 0.25) is 0 Å². The molecule has 2 aromatic carbocycles. The van der Waals surface area contributed by atoms with E-state index in [9.17, 15) is 9.59 Å². The minimum atomic E-state index is -0.374. The van der Waals surface area contributed by atoms with E-state index >= 15 is 0 Å². The maximum absolute atomic E-state index is 12.9. The molecule has 1 heterocycles. The smallest absolute Gasteiger partial charge is 0.261 e. The van der Waals surface area contributed by atoms with Gasteiger partial charge in [-0.1, -0.05) is 37.6 Å². The third-order valence-electron chi connectivity index (χ3n) is 4.82. The summed E-state index contributed by atoms with van der Waals surface area (Å²) in [5.74, 6) is 0.0379. The number of benzene rings is 2. The fraction of sp³-hybridized carbons (Fsp3) is 0.348. The topological polar surface area (TPSA) is 79.9 Å². The van der Waals surface area contributed by atoms with E-state index in [1.165, 1.54) is 0 Å². The van der Waals surface area contributed by atoms with E-state index in [1.54, 1.807) is 47.4 Å². The van der Waals surface area contributed by atoms with Gasteiger partial charge in [0.25, 0.3) is 11.8 Å². The van der Waals surface area contributed by atoms with E-state index in [0.29, 0.717) is 55.5 Å². The first kappa shape index (κ1) is 22.7. The third kappa shape index (κ3) is 6.26. The number of hydrogen-bond acceptors (Lipinski definition) is 5. The number of unbranched alkanes of at least 4 members (excludes halogenated alkanes) is 1. The maximum Gasteiger partial charge on any atom is 0.261 e. The molecule has 3 rings (SSSR count). The van der Waals surface area contributed by atoms with Gasteiger partial charge in [-0.15, -0.1) is 0 Å². The number of hydrogen-bond donors (Lipinski definition) is 2. The number of nitrogens with one attached hydrogen (secondary N) is 2. The van der Waals surface area contributed by atoms with Crippen molar-refractivity contribution >= 4 is 34.8 Å². The predicted molar refractivity (Wildman–Crippen MR) is 124 cm³/mol. The zero-order valence-corrected chi connectivity index (χ0v) is 18.4. The first-order valence-corrected chi connectivity index (χ1v) is 10.8. The average Bonchev–Trinajstić information content (AvgIpc) is 2.80. The van der Waals surface area contributed by atoms with Crippen molar-refractivity contribution in [3.05, 3.63) is 59.7 Å². The number of rotatable bonds is 7. The van der Waals surface area contributed by atoms with Crippen LogP contribution in [0.1, 0.15) is 40.5 Å². The van der Waals surface area contributed by atoms with Gasteiger partial charge in [0.2, 0.25) is 0 Å². The van der Waals surface area contributed by atoms with Gasteiger partial charge in [-0.2, -0.15) is 0 Å². The molecule has 0 radical (unpaired) electrons. The second kappa shape index (κ2) is 11.4. The Balaban J connectivity index is 1.66. The van der Waals surface area contributed by atoms with Crippen LogP contribution in [0.3, 0.4) is 0 Å². The van der Waals surface area contributed by atoms with Crippen LogP contribution in [0.5, 0.6) is 5.75 Å². The molecule has 8 heteroatoms. The molecule has 1 aliphatic rings. The number of carbonyl (C=O) groups is 2. The molecule has 1 fully saturated rings. The van der Waals surface area contributed by atoms with Crippen molar-refractivity contribution in [3.8, 4) is 5.75 Å². The summed E-state index contributed by atoms with van der Waals surface area (Å²) in [7, 11) is 0. The first-order valence-electron chi connectivity index (χ1n) is 10.4. The van der Waals surface area contributed by atoms with E-state index < -0.39 is 0 Å². The van der Waals surface area contributed by atoms with E-state index in [1.807, 2.05) is 6.07 Å². The average molecular weight is 442 g/mol. The molecule has 2 aromatic rings. The van der Waals surface area contributed by atoms with E-state index in [0.717, 1.165) is 12.8 Å². The van der Waals surface area contributed by atoms with Crippen molar-refractivity contribution in [2.75, 3.05) is 38.2 Å². The number of nitrogens with zero attached hydrogens (tertiary/aromatic N) is 1. The lowest BCUT2D eigenvalue weighted by Crippen LogP contribution is -2.41. The highest BCUT2D eigenvalue weighted by Gasteiger charge is 2.21. The number of carbonyl (C=O) groups excluding carboxylic acids is 2. The molecule has 1 saturated heterocycles. The molecule has 0 spiro atoms. The Hall–Kier alpha value is -2.97. The monoisotopic (exact) mass is 441 g/mol. The minimum Gasteiger partial charge on any atom is -0.493 e. The van der Waals surface area contributed by atoms with Crippen molar-refractivity contribution in [2.24, 2.45) is 0 Å². The Morgan fingerprint density at radius 3 is 2.48 bits per heavy atom. The number of amides is 2. The highest BCUT2D eigenvalue weighted by atomic mass is 32.1. The van der Waals surface area contributed by atoms with Crippen molar-refractivity contribution in [1.29, 1.82) is 0 Å². The normalized spacial score (nSPS) is 13.4. The van der Waals surface area contributed by atoms with Crippen molar-refractivity contribution in [1.82, 2.24) is 10.2 Å². The lowest BCUT2D eigenvalue weighted by atomic mass is 10.1. The summed E-state index contributed by atoms with van der Waals surface area (Å²) in [6.07, 6.45) is 1.91. The Bertz CT molecular complexity index is 929. The molecule has 31 heavy (non-hydrogen) atoms. The number of para-hydroxylation sites is 2. The van der Waals surface area contributed by atoms with E-state index in [-0.39, 0.29) is 16.9 Å². The van der Waals surface area contributed by atoms with Gasteiger partial charge in [0.1, 0.15) is 5.75 Å². The van der Waals surface area contributed by atoms with Crippen LogP contribution in [0.4, 0.5) is 5.69 Å². The molecular weight excluding hydrogens is 414 g/mol. The SMILES string of the molecule is CCCCOc1ccccc1C(=O)NC(=S)Nc1ccccc1C(=O)N1CCOCC1. The molecule has 0 saturated carbocycles. The number of anilines is 1. The Morgan fingerprint density at radius 2 is 1.74 bits per heavy atom. The summed E-state index contributed by atoms with van der Waals surface area (Å²) in [5.41, 5.74) is 1.43. The molecule has 0 bridgehead atoms. The van der Waals surface area contributed by atoms with Gasteiger partial charge in [-0.05, 0) is 42.9 Å². The highest BCUT2D eigenvalue weighted by molar-refractivity contribution is 7.80. The van der Waals surface area contributed by atoms with Crippen LogP contribution in [-0.4, -0.2) is 54.7 Å². The van der Waals surface area contributed by atoms with Crippen LogP contribution in [0.25, 0.3) is 0 Å². The zero-order valence-electron chi connectivity index (χ0n) is 17.6. The second-order valence-corrected chi connectivity index (χ2v) is 7.46. The fourth-order valence-corrected chi connectivity index (χ4v) is 3.35.